The zero-order chi connectivity index (χ0) is 11.2. The van der Waals surface area contributed by atoms with Crippen LogP contribution in [-0.2, 0) is 6.42 Å². The fourth-order valence-electron chi connectivity index (χ4n) is 3.26. The topological polar surface area (TPSA) is 58.3 Å². The monoisotopic (exact) mass is 218 g/mol. The number of piperidine rings is 1. The highest BCUT2D eigenvalue weighted by atomic mass is 16.3. The number of nitrogens with one attached hydrogen (secondary N) is 1. The number of phenols is 1. The summed E-state index contributed by atoms with van der Waals surface area (Å²) in [7, 11) is 0. The molecule has 0 unspecified atom stereocenters. The molecule has 1 atom stereocenters. The summed E-state index contributed by atoms with van der Waals surface area (Å²) in [6.45, 7) is 2.13. The van der Waals surface area contributed by atoms with E-state index in [-0.39, 0.29) is 11.5 Å². The number of rotatable bonds is 0. The van der Waals surface area contributed by atoms with Crippen LogP contribution in [0.5, 0.6) is 5.75 Å². The Bertz CT molecular complexity index is 410. The molecule has 2 aliphatic rings. The van der Waals surface area contributed by atoms with Crippen molar-refractivity contribution in [3.8, 4) is 5.75 Å². The van der Waals surface area contributed by atoms with E-state index in [0.717, 1.165) is 37.9 Å². The Kier molecular flexibility index (Phi) is 2.19. The van der Waals surface area contributed by atoms with Crippen LogP contribution in [0, 0.1) is 5.41 Å². The zero-order valence-corrected chi connectivity index (χ0v) is 9.37. The van der Waals surface area contributed by atoms with E-state index in [1.807, 2.05) is 12.1 Å². The van der Waals surface area contributed by atoms with E-state index in [2.05, 4.69) is 5.32 Å². The van der Waals surface area contributed by atoms with Crippen molar-refractivity contribution < 1.29 is 5.11 Å². The first-order chi connectivity index (χ1) is 7.71. The van der Waals surface area contributed by atoms with Crippen molar-refractivity contribution in [2.75, 3.05) is 13.1 Å². The first kappa shape index (κ1) is 10.1. The fourth-order valence-corrected chi connectivity index (χ4v) is 3.26. The number of benzene rings is 1. The molecule has 0 radical (unpaired) electrons. The molecule has 4 N–H and O–H groups in total. The summed E-state index contributed by atoms with van der Waals surface area (Å²) in [4.78, 5) is 0. The highest BCUT2D eigenvalue weighted by molar-refractivity contribution is 5.42. The van der Waals surface area contributed by atoms with Gasteiger partial charge in [0, 0.05) is 6.04 Å². The molecule has 1 heterocycles. The van der Waals surface area contributed by atoms with Gasteiger partial charge in [0.05, 0.1) is 0 Å². The summed E-state index contributed by atoms with van der Waals surface area (Å²) >= 11 is 0. The van der Waals surface area contributed by atoms with Crippen molar-refractivity contribution >= 4 is 0 Å². The van der Waals surface area contributed by atoms with Crippen LogP contribution in [0.1, 0.15) is 30.0 Å². The molecule has 1 aliphatic carbocycles. The van der Waals surface area contributed by atoms with Crippen molar-refractivity contribution in [1.82, 2.24) is 5.32 Å². The zero-order valence-electron chi connectivity index (χ0n) is 9.37. The van der Waals surface area contributed by atoms with Gasteiger partial charge in [0.25, 0.3) is 0 Å². The summed E-state index contributed by atoms with van der Waals surface area (Å²) in [6.07, 6.45) is 3.36. The number of nitrogens with two attached hydrogens (primary N) is 1. The molecule has 0 saturated carbocycles. The molecule has 0 aromatic heterocycles. The van der Waals surface area contributed by atoms with E-state index in [1.165, 1.54) is 5.56 Å². The lowest BCUT2D eigenvalue weighted by Crippen LogP contribution is -2.42. The standard InChI is InChI=1S/C13H18N2O/c14-12-11-7-10(16)2-1-9(11)8-13(12)3-5-15-6-4-13/h1-2,7,12,15-16H,3-6,8,14H2/t12-/m1/s1. The summed E-state index contributed by atoms with van der Waals surface area (Å²) in [5.41, 5.74) is 9.10. The Morgan fingerprint density at radius 2 is 2.06 bits per heavy atom. The maximum atomic E-state index is 9.53. The van der Waals surface area contributed by atoms with Gasteiger partial charge in [-0.05, 0) is 61.0 Å². The lowest BCUT2D eigenvalue weighted by Gasteiger charge is -2.37. The lowest BCUT2D eigenvalue weighted by atomic mass is 9.73. The van der Waals surface area contributed by atoms with Crippen molar-refractivity contribution in [2.45, 2.75) is 25.3 Å². The van der Waals surface area contributed by atoms with Crippen LogP contribution in [0.15, 0.2) is 18.2 Å². The van der Waals surface area contributed by atoms with Crippen LogP contribution in [0.2, 0.25) is 0 Å². The van der Waals surface area contributed by atoms with Gasteiger partial charge in [-0.1, -0.05) is 6.07 Å². The smallest absolute Gasteiger partial charge is 0.115 e. The van der Waals surface area contributed by atoms with Crippen molar-refractivity contribution in [3.63, 3.8) is 0 Å². The lowest BCUT2D eigenvalue weighted by molar-refractivity contribution is 0.174. The number of hydrogen-bond acceptors (Lipinski definition) is 3. The van der Waals surface area contributed by atoms with Gasteiger partial charge < -0.3 is 16.2 Å². The SMILES string of the molecule is N[C@@H]1c2cc(O)ccc2CC12CCNCC2. The van der Waals surface area contributed by atoms with E-state index >= 15 is 0 Å². The molecule has 3 nitrogen and oxygen atoms in total. The molecule has 0 bridgehead atoms. The average Bonchev–Trinajstić information content (AvgIpc) is 2.55. The molecular formula is C13H18N2O. The molecule has 16 heavy (non-hydrogen) atoms. The molecule has 1 saturated heterocycles. The van der Waals surface area contributed by atoms with Crippen molar-refractivity contribution in [3.05, 3.63) is 29.3 Å². The number of aromatic hydroxyl groups is 1. The maximum Gasteiger partial charge on any atom is 0.115 e. The maximum absolute atomic E-state index is 9.53. The Morgan fingerprint density at radius 3 is 2.81 bits per heavy atom. The van der Waals surface area contributed by atoms with E-state index < -0.39 is 0 Å². The van der Waals surface area contributed by atoms with Gasteiger partial charge in [-0.2, -0.15) is 0 Å². The first-order valence-corrected chi connectivity index (χ1v) is 5.99. The van der Waals surface area contributed by atoms with Gasteiger partial charge in [-0.25, -0.2) is 0 Å². The summed E-state index contributed by atoms with van der Waals surface area (Å²) in [5, 5.41) is 12.9. The third-order valence-electron chi connectivity index (χ3n) is 4.27. The van der Waals surface area contributed by atoms with E-state index in [9.17, 15) is 5.11 Å². The van der Waals surface area contributed by atoms with E-state index in [0.29, 0.717) is 5.75 Å². The van der Waals surface area contributed by atoms with Gasteiger partial charge in [0.1, 0.15) is 5.75 Å². The summed E-state index contributed by atoms with van der Waals surface area (Å²) in [6, 6.07) is 5.74. The van der Waals surface area contributed by atoms with Crippen molar-refractivity contribution in [1.29, 1.82) is 0 Å². The molecule has 86 valence electrons. The van der Waals surface area contributed by atoms with Gasteiger partial charge in [-0.3, -0.25) is 0 Å². The molecule has 1 aliphatic heterocycles. The van der Waals surface area contributed by atoms with E-state index in [4.69, 9.17) is 5.73 Å². The minimum absolute atomic E-state index is 0.0942. The van der Waals surface area contributed by atoms with Crippen LogP contribution >= 0.6 is 0 Å². The van der Waals surface area contributed by atoms with Crippen molar-refractivity contribution in [2.24, 2.45) is 11.1 Å². The van der Waals surface area contributed by atoms with Crippen LogP contribution in [-0.4, -0.2) is 18.2 Å². The molecule has 3 rings (SSSR count). The molecule has 1 aromatic carbocycles. The molecule has 0 amide bonds. The average molecular weight is 218 g/mol. The third kappa shape index (κ3) is 1.35. The van der Waals surface area contributed by atoms with Gasteiger partial charge in [-0.15, -0.1) is 0 Å². The molecule has 1 spiro atoms. The molecule has 1 fully saturated rings. The quantitative estimate of drug-likeness (QED) is 0.615. The normalized spacial score (nSPS) is 26.9. The van der Waals surface area contributed by atoms with E-state index in [1.54, 1.807) is 6.07 Å². The third-order valence-corrected chi connectivity index (χ3v) is 4.27. The Labute approximate surface area is 95.7 Å². The van der Waals surface area contributed by atoms with Crippen LogP contribution in [0.4, 0.5) is 0 Å². The van der Waals surface area contributed by atoms with Crippen LogP contribution in [0.25, 0.3) is 0 Å². The fraction of sp³-hybridized carbons (Fsp3) is 0.538. The molecule has 1 aromatic rings. The van der Waals surface area contributed by atoms with Gasteiger partial charge in [0.15, 0.2) is 0 Å². The van der Waals surface area contributed by atoms with Crippen LogP contribution in [0.3, 0.4) is 0 Å². The minimum Gasteiger partial charge on any atom is -0.508 e. The predicted molar refractivity (Wildman–Crippen MR) is 63.3 cm³/mol. The predicted octanol–water partition coefficient (Wildman–Crippen LogP) is 1.32. The Morgan fingerprint density at radius 1 is 1.31 bits per heavy atom. The Balaban J connectivity index is 1.99. The highest BCUT2D eigenvalue weighted by Gasteiger charge is 2.44. The summed E-state index contributed by atoms with van der Waals surface area (Å²) in [5.74, 6) is 0.334. The molecular weight excluding hydrogens is 200 g/mol. The number of phenolic OH excluding ortho intramolecular Hbond substituents is 1. The second-order valence-corrected chi connectivity index (χ2v) is 5.15. The number of fused-ring (bicyclic) bond motifs is 1. The van der Waals surface area contributed by atoms with Crippen LogP contribution < -0.4 is 11.1 Å². The van der Waals surface area contributed by atoms with Gasteiger partial charge >= 0.3 is 0 Å². The highest BCUT2D eigenvalue weighted by Crippen LogP contribution is 2.50. The Hall–Kier alpha value is -1.06. The largest absolute Gasteiger partial charge is 0.508 e. The second-order valence-electron chi connectivity index (χ2n) is 5.15. The number of hydrogen-bond donors (Lipinski definition) is 3. The first-order valence-electron chi connectivity index (χ1n) is 5.99. The second kappa shape index (κ2) is 3.47. The minimum atomic E-state index is 0.0942. The van der Waals surface area contributed by atoms with Gasteiger partial charge in [0.2, 0.25) is 0 Å². The molecule has 3 heteroatoms. The summed E-state index contributed by atoms with van der Waals surface area (Å²) < 4.78 is 0.